The van der Waals surface area contributed by atoms with Crippen LogP contribution in [0.3, 0.4) is 0 Å². The van der Waals surface area contributed by atoms with Crippen molar-refractivity contribution >= 4 is 8.32 Å². The first kappa shape index (κ1) is 19.9. The maximum absolute atomic E-state index is 6.59. The molecule has 0 amide bonds. The summed E-state index contributed by atoms with van der Waals surface area (Å²) >= 11 is 0. The van der Waals surface area contributed by atoms with Gasteiger partial charge >= 0.3 is 0 Å². The van der Waals surface area contributed by atoms with E-state index in [1.165, 1.54) is 36.8 Å². The molecule has 128 valence electrons. The first-order chi connectivity index (χ1) is 10.9. The second-order valence-electron chi connectivity index (χ2n) is 7.11. The van der Waals surface area contributed by atoms with Crippen molar-refractivity contribution in [3.8, 4) is 0 Å². The minimum absolute atomic E-state index is 0.142. The molecule has 1 rings (SSSR count). The number of benzene rings is 1. The van der Waals surface area contributed by atoms with Gasteiger partial charge in [-0.25, -0.2) is 0 Å². The first-order valence-electron chi connectivity index (χ1n) is 8.97. The number of hydrogen-bond acceptors (Lipinski definition) is 1. The van der Waals surface area contributed by atoms with Crippen molar-refractivity contribution in [3.05, 3.63) is 60.2 Å². The van der Waals surface area contributed by atoms with E-state index in [1.807, 2.05) is 0 Å². The van der Waals surface area contributed by atoms with Crippen molar-refractivity contribution in [2.45, 2.75) is 71.2 Å². The first-order valence-corrected chi connectivity index (χ1v) is 12.1. The van der Waals surface area contributed by atoms with Gasteiger partial charge in [0, 0.05) is 0 Å². The quantitative estimate of drug-likeness (QED) is 0.240. The number of allylic oxidation sites excluding steroid dienone is 2. The fourth-order valence-corrected chi connectivity index (χ4v) is 4.46. The lowest BCUT2D eigenvalue weighted by Gasteiger charge is -2.29. The molecule has 0 aliphatic rings. The van der Waals surface area contributed by atoms with E-state index in [4.69, 9.17) is 4.43 Å². The average molecular weight is 331 g/mol. The van der Waals surface area contributed by atoms with Crippen LogP contribution in [-0.4, -0.2) is 8.32 Å². The lowest BCUT2D eigenvalue weighted by atomic mass is 10.0. The molecule has 0 bridgehead atoms. The topological polar surface area (TPSA) is 9.23 Å². The van der Waals surface area contributed by atoms with E-state index in [9.17, 15) is 0 Å². The van der Waals surface area contributed by atoms with Gasteiger partial charge in [-0.15, -0.1) is 6.58 Å². The third-order valence-corrected chi connectivity index (χ3v) is 6.06. The molecule has 1 unspecified atom stereocenters. The summed E-state index contributed by atoms with van der Waals surface area (Å²) in [6, 6.07) is 11.7. The summed E-state index contributed by atoms with van der Waals surface area (Å²) in [5.41, 5.74) is 2.45. The fourth-order valence-electron chi connectivity index (χ4n) is 2.64. The Labute approximate surface area is 144 Å². The molecule has 0 aliphatic heterocycles. The molecule has 0 aromatic heterocycles. The zero-order valence-corrected chi connectivity index (χ0v) is 16.5. The average Bonchev–Trinajstić information content (AvgIpc) is 2.50. The van der Waals surface area contributed by atoms with E-state index in [-0.39, 0.29) is 6.10 Å². The van der Waals surface area contributed by atoms with Gasteiger partial charge in [0.25, 0.3) is 0 Å². The Balaban J connectivity index is 2.60. The third kappa shape index (κ3) is 8.92. The predicted octanol–water partition coefficient (Wildman–Crippen LogP) is 7.05. The number of rotatable bonds is 11. The smallest absolute Gasteiger partial charge is 0.191 e. The van der Waals surface area contributed by atoms with Gasteiger partial charge in [0.05, 0.1) is 6.10 Å². The fraction of sp³-hybridized carbons (Fsp3) is 0.524. The molecule has 1 atom stereocenters. The lowest BCUT2D eigenvalue weighted by molar-refractivity contribution is 0.196. The Kier molecular flexibility index (Phi) is 9.19. The van der Waals surface area contributed by atoms with Gasteiger partial charge in [-0.05, 0) is 50.9 Å². The zero-order valence-electron chi connectivity index (χ0n) is 15.5. The summed E-state index contributed by atoms with van der Waals surface area (Å²) in [6.45, 7) is 13.0. The molecular formula is C21H34OSi. The second kappa shape index (κ2) is 10.6. The van der Waals surface area contributed by atoms with Gasteiger partial charge < -0.3 is 4.43 Å². The Morgan fingerprint density at radius 2 is 1.87 bits per heavy atom. The summed E-state index contributed by atoms with van der Waals surface area (Å²) in [5, 5.41) is 0. The summed E-state index contributed by atoms with van der Waals surface area (Å²) in [4.78, 5) is 0. The maximum Gasteiger partial charge on any atom is 0.191 e. The highest BCUT2D eigenvalue weighted by atomic mass is 28.4. The summed E-state index contributed by atoms with van der Waals surface area (Å²) in [7, 11) is -1.71. The van der Waals surface area contributed by atoms with Crippen LogP contribution in [0.5, 0.6) is 0 Å². The molecule has 0 saturated heterocycles. The molecule has 0 fully saturated rings. The molecule has 2 heteroatoms. The Morgan fingerprint density at radius 3 is 2.48 bits per heavy atom. The second-order valence-corrected chi connectivity index (χ2v) is 11.3. The van der Waals surface area contributed by atoms with Crippen molar-refractivity contribution < 1.29 is 4.43 Å². The monoisotopic (exact) mass is 330 g/mol. The largest absolute Gasteiger partial charge is 0.410 e. The normalized spacial score (nSPS) is 13.4. The Hall–Kier alpha value is -1.12. The Morgan fingerprint density at radius 1 is 1.17 bits per heavy atom. The third-order valence-electron chi connectivity index (χ3n) is 3.92. The highest BCUT2D eigenvalue weighted by molar-refractivity contribution is 6.71. The zero-order chi connectivity index (χ0) is 17.1. The van der Waals surface area contributed by atoms with Crippen LogP contribution in [-0.2, 0) is 4.43 Å². The number of unbranched alkanes of at least 4 members (excludes halogenated alkanes) is 3. The molecule has 0 heterocycles. The van der Waals surface area contributed by atoms with Gasteiger partial charge in [-0.2, -0.15) is 0 Å². The van der Waals surface area contributed by atoms with Crippen molar-refractivity contribution in [2.75, 3.05) is 0 Å². The van der Waals surface area contributed by atoms with Crippen molar-refractivity contribution in [3.63, 3.8) is 0 Å². The summed E-state index contributed by atoms with van der Waals surface area (Å²) in [6.07, 6.45) is 10.8. The van der Waals surface area contributed by atoms with Crippen LogP contribution >= 0.6 is 0 Å². The summed E-state index contributed by atoms with van der Waals surface area (Å²) in [5.74, 6) is 0. The van der Waals surface area contributed by atoms with Crippen molar-refractivity contribution in [1.29, 1.82) is 0 Å². The predicted molar refractivity (Wildman–Crippen MR) is 105 cm³/mol. The van der Waals surface area contributed by atoms with Gasteiger partial charge in [0.2, 0.25) is 0 Å². The molecule has 0 aliphatic carbocycles. The van der Waals surface area contributed by atoms with E-state index in [1.54, 1.807) is 0 Å². The molecule has 1 aromatic rings. The molecular weight excluding hydrogens is 296 g/mol. The highest BCUT2D eigenvalue weighted by Gasteiger charge is 2.26. The SMILES string of the molecule is C=C(C)CC(O[Si](C)(C)CC=CCCCCC)c1ccccc1. The van der Waals surface area contributed by atoms with Crippen LogP contribution in [0.2, 0.25) is 19.1 Å². The molecule has 1 nitrogen and oxygen atoms in total. The van der Waals surface area contributed by atoms with Gasteiger partial charge in [0.1, 0.15) is 0 Å². The minimum Gasteiger partial charge on any atom is -0.410 e. The van der Waals surface area contributed by atoms with Crippen molar-refractivity contribution in [2.24, 2.45) is 0 Å². The minimum atomic E-state index is -1.71. The molecule has 0 spiro atoms. The molecule has 1 aromatic carbocycles. The maximum atomic E-state index is 6.59. The highest BCUT2D eigenvalue weighted by Crippen LogP contribution is 2.29. The molecule has 0 saturated carbocycles. The van der Waals surface area contributed by atoms with E-state index in [0.717, 1.165) is 12.5 Å². The van der Waals surface area contributed by atoms with Crippen LogP contribution < -0.4 is 0 Å². The van der Waals surface area contributed by atoms with Crippen LogP contribution in [0.25, 0.3) is 0 Å². The van der Waals surface area contributed by atoms with Crippen LogP contribution in [0.4, 0.5) is 0 Å². The molecule has 0 N–H and O–H groups in total. The molecule has 23 heavy (non-hydrogen) atoms. The van der Waals surface area contributed by atoms with Crippen LogP contribution in [0.15, 0.2) is 54.6 Å². The molecule has 0 radical (unpaired) electrons. The van der Waals surface area contributed by atoms with E-state index >= 15 is 0 Å². The van der Waals surface area contributed by atoms with Crippen LogP contribution in [0.1, 0.15) is 57.6 Å². The van der Waals surface area contributed by atoms with Crippen LogP contribution in [0, 0.1) is 0 Å². The van der Waals surface area contributed by atoms with E-state index < -0.39 is 8.32 Å². The summed E-state index contributed by atoms with van der Waals surface area (Å²) < 4.78 is 6.59. The van der Waals surface area contributed by atoms with E-state index in [2.05, 4.69) is 76.0 Å². The van der Waals surface area contributed by atoms with Gasteiger partial charge in [-0.3, -0.25) is 0 Å². The number of hydrogen-bond donors (Lipinski definition) is 0. The van der Waals surface area contributed by atoms with Crippen molar-refractivity contribution in [1.82, 2.24) is 0 Å². The lowest BCUT2D eigenvalue weighted by Crippen LogP contribution is -2.31. The van der Waals surface area contributed by atoms with Gasteiger partial charge in [0.15, 0.2) is 8.32 Å². The Bertz CT molecular complexity index is 476. The van der Waals surface area contributed by atoms with E-state index in [0.29, 0.717) is 0 Å². The van der Waals surface area contributed by atoms with Gasteiger partial charge in [-0.1, -0.05) is 67.8 Å². The standard InChI is InChI=1S/C21H34OSi/c1-6-7-8-9-10-14-17-23(4,5)22-21(18-19(2)3)20-15-12-11-13-16-20/h10-16,21H,2,6-9,17-18H2,1,3-5H3.